The summed E-state index contributed by atoms with van der Waals surface area (Å²) in [4.78, 5) is 13.8. The first kappa shape index (κ1) is 13.9. The van der Waals surface area contributed by atoms with Crippen molar-refractivity contribution in [1.29, 1.82) is 0 Å². The van der Waals surface area contributed by atoms with Crippen LogP contribution in [0.15, 0.2) is 18.3 Å². The van der Waals surface area contributed by atoms with Crippen molar-refractivity contribution >= 4 is 5.82 Å². The number of pyridine rings is 1. The van der Waals surface area contributed by atoms with E-state index in [1.165, 1.54) is 0 Å². The van der Waals surface area contributed by atoms with Gasteiger partial charge in [0.2, 0.25) is 0 Å². The molecule has 1 aliphatic heterocycles. The lowest BCUT2D eigenvalue weighted by molar-refractivity contribution is 0.109. The van der Waals surface area contributed by atoms with Gasteiger partial charge < -0.3 is 10.1 Å². The summed E-state index contributed by atoms with van der Waals surface area (Å²) < 4.78 is 5.55. The van der Waals surface area contributed by atoms with Gasteiger partial charge in [0.25, 0.3) is 0 Å². The predicted octanol–water partition coefficient (Wildman–Crippen LogP) is 2.74. The van der Waals surface area contributed by atoms with Gasteiger partial charge in [0.15, 0.2) is 5.82 Å². The molecule has 0 unspecified atom stereocenters. The fourth-order valence-corrected chi connectivity index (χ4v) is 2.39. The molecule has 0 aromatic carbocycles. The molecule has 0 aliphatic carbocycles. The summed E-state index contributed by atoms with van der Waals surface area (Å²) in [5.41, 5.74) is 4.15. The van der Waals surface area contributed by atoms with Crippen molar-refractivity contribution in [3.05, 3.63) is 35.2 Å². The van der Waals surface area contributed by atoms with Gasteiger partial charge in [0.1, 0.15) is 11.5 Å². The highest BCUT2D eigenvalue weighted by Gasteiger charge is 2.19. The largest absolute Gasteiger partial charge is 0.376 e. The van der Waals surface area contributed by atoms with Gasteiger partial charge in [-0.05, 0) is 31.0 Å². The lowest BCUT2D eigenvalue weighted by Gasteiger charge is -2.20. The summed E-state index contributed by atoms with van der Waals surface area (Å²) in [6, 6.07) is 4.00. The van der Waals surface area contributed by atoms with E-state index in [0.717, 1.165) is 54.3 Å². The number of aryl methyl sites for hydroxylation is 1. The maximum atomic E-state index is 5.55. The molecule has 2 aromatic rings. The van der Waals surface area contributed by atoms with E-state index >= 15 is 0 Å². The number of nitrogens with one attached hydrogen (secondary N) is 1. The molecule has 0 saturated heterocycles. The minimum atomic E-state index is 0.586. The second kappa shape index (κ2) is 6.18. The Labute approximate surface area is 124 Å². The third kappa shape index (κ3) is 3.03. The van der Waals surface area contributed by atoms with E-state index in [-0.39, 0.29) is 0 Å². The number of fused-ring (bicyclic) bond motifs is 1. The summed E-state index contributed by atoms with van der Waals surface area (Å²) in [5, 5.41) is 3.39. The molecule has 3 rings (SSSR count). The average Bonchev–Trinajstić information content (AvgIpc) is 2.52. The summed E-state index contributed by atoms with van der Waals surface area (Å²) in [7, 11) is 0. The Bertz CT molecular complexity index is 642. The molecule has 0 spiro atoms. The number of nitrogens with zero attached hydrogens (tertiary/aromatic N) is 3. The SMILES string of the molecule is CCCNc1nc(-c2cc(C)ccn2)nc2c1COCC2. The predicted molar refractivity (Wildman–Crippen MR) is 82.1 cm³/mol. The van der Waals surface area contributed by atoms with Crippen molar-refractivity contribution in [2.75, 3.05) is 18.5 Å². The zero-order valence-electron chi connectivity index (χ0n) is 12.5. The Balaban J connectivity index is 2.05. The number of hydrogen-bond donors (Lipinski definition) is 1. The Morgan fingerprint density at radius 1 is 1.33 bits per heavy atom. The van der Waals surface area contributed by atoms with Gasteiger partial charge >= 0.3 is 0 Å². The maximum absolute atomic E-state index is 5.55. The van der Waals surface area contributed by atoms with Gasteiger partial charge in [0, 0.05) is 24.7 Å². The van der Waals surface area contributed by atoms with Crippen LogP contribution in [0.2, 0.25) is 0 Å². The maximum Gasteiger partial charge on any atom is 0.180 e. The smallest absolute Gasteiger partial charge is 0.180 e. The minimum Gasteiger partial charge on any atom is -0.376 e. The fourth-order valence-electron chi connectivity index (χ4n) is 2.39. The normalized spacial score (nSPS) is 13.8. The van der Waals surface area contributed by atoms with E-state index in [1.807, 2.05) is 19.1 Å². The van der Waals surface area contributed by atoms with Crippen molar-refractivity contribution < 1.29 is 4.74 Å². The Morgan fingerprint density at radius 3 is 3.05 bits per heavy atom. The van der Waals surface area contributed by atoms with Crippen molar-refractivity contribution in [1.82, 2.24) is 15.0 Å². The molecule has 1 N–H and O–H groups in total. The van der Waals surface area contributed by atoms with Gasteiger partial charge in [-0.1, -0.05) is 6.92 Å². The van der Waals surface area contributed by atoms with E-state index in [2.05, 4.69) is 22.2 Å². The van der Waals surface area contributed by atoms with Crippen LogP contribution < -0.4 is 5.32 Å². The van der Waals surface area contributed by atoms with Crippen molar-refractivity contribution in [3.63, 3.8) is 0 Å². The summed E-state index contributed by atoms with van der Waals surface area (Å²) >= 11 is 0. The van der Waals surface area contributed by atoms with Crippen LogP contribution in [0.25, 0.3) is 11.5 Å². The second-order valence-corrected chi connectivity index (χ2v) is 5.27. The molecule has 0 amide bonds. The van der Waals surface area contributed by atoms with E-state index in [0.29, 0.717) is 12.4 Å². The van der Waals surface area contributed by atoms with Gasteiger partial charge in [-0.2, -0.15) is 0 Å². The summed E-state index contributed by atoms with van der Waals surface area (Å²) in [6.07, 6.45) is 3.69. The first-order chi connectivity index (χ1) is 10.3. The lowest BCUT2D eigenvalue weighted by atomic mass is 10.1. The van der Waals surface area contributed by atoms with Crippen LogP contribution in [0.3, 0.4) is 0 Å². The van der Waals surface area contributed by atoms with Crippen LogP contribution in [0.5, 0.6) is 0 Å². The molecule has 21 heavy (non-hydrogen) atoms. The van der Waals surface area contributed by atoms with E-state index in [1.54, 1.807) is 6.20 Å². The first-order valence-corrected chi connectivity index (χ1v) is 7.42. The molecule has 0 atom stereocenters. The number of hydrogen-bond acceptors (Lipinski definition) is 5. The van der Waals surface area contributed by atoms with Crippen molar-refractivity contribution in [2.45, 2.75) is 33.3 Å². The van der Waals surface area contributed by atoms with Crippen LogP contribution in [0.4, 0.5) is 5.82 Å². The summed E-state index contributed by atoms with van der Waals surface area (Å²) in [5.74, 6) is 1.58. The third-order valence-electron chi connectivity index (χ3n) is 3.51. The highest BCUT2D eigenvalue weighted by atomic mass is 16.5. The third-order valence-corrected chi connectivity index (χ3v) is 3.51. The van der Waals surface area contributed by atoms with Crippen LogP contribution in [-0.2, 0) is 17.8 Å². The molecule has 1 aliphatic rings. The van der Waals surface area contributed by atoms with Crippen LogP contribution in [0, 0.1) is 6.92 Å². The van der Waals surface area contributed by atoms with Crippen LogP contribution in [0.1, 0.15) is 30.2 Å². The molecule has 110 valence electrons. The quantitative estimate of drug-likeness (QED) is 0.935. The second-order valence-electron chi connectivity index (χ2n) is 5.27. The van der Waals surface area contributed by atoms with E-state index < -0.39 is 0 Å². The van der Waals surface area contributed by atoms with Crippen LogP contribution >= 0.6 is 0 Å². The van der Waals surface area contributed by atoms with Gasteiger partial charge in [-0.15, -0.1) is 0 Å². The van der Waals surface area contributed by atoms with Crippen molar-refractivity contribution in [3.8, 4) is 11.5 Å². The molecular formula is C16H20N4O. The zero-order valence-corrected chi connectivity index (χ0v) is 12.5. The number of ether oxygens (including phenoxy) is 1. The number of rotatable bonds is 4. The Morgan fingerprint density at radius 2 is 2.24 bits per heavy atom. The molecule has 0 saturated carbocycles. The summed E-state index contributed by atoms with van der Waals surface area (Å²) in [6.45, 7) is 6.39. The highest BCUT2D eigenvalue weighted by Crippen LogP contribution is 2.25. The molecule has 0 bridgehead atoms. The van der Waals surface area contributed by atoms with Crippen molar-refractivity contribution in [2.24, 2.45) is 0 Å². The highest BCUT2D eigenvalue weighted by molar-refractivity contribution is 5.57. The molecule has 2 aromatic heterocycles. The Hall–Kier alpha value is -2.01. The number of aromatic nitrogens is 3. The van der Waals surface area contributed by atoms with Crippen LogP contribution in [-0.4, -0.2) is 28.1 Å². The number of anilines is 1. The monoisotopic (exact) mass is 284 g/mol. The molecule has 5 nitrogen and oxygen atoms in total. The Kier molecular flexibility index (Phi) is 4.10. The molecule has 5 heteroatoms. The van der Waals surface area contributed by atoms with Gasteiger partial charge in [0.05, 0.1) is 18.9 Å². The topological polar surface area (TPSA) is 59.9 Å². The standard InChI is InChI=1S/C16H20N4O/c1-3-6-18-15-12-10-21-8-5-13(12)19-16(20-15)14-9-11(2)4-7-17-14/h4,7,9H,3,5-6,8,10H2,1-2H3,(H,18,19,20). The fraction of sp³-hybridized carbons (Fsp3) is 0.438. The lowest BCUT2D eigenvalue weighted by Crippen LogP contribution is -2.17. The average molecular weight is 284 g/mol. The zero-order chi connectivity index (χ0) is 14.7. The molecule has 0 fully saturated rings. The van der Waals surface area contributed by atoms with E-state index in [9.17, 15) is 0 Å². The first-order valence-electron chi connectivity index (χ1n) is 7.42. The molecule has 3 heterocycles. The molecular weight excluding hydrogens is 264 g/mol. The van der Waals surface area contributed by atoms with Gasteiger partial charge in [-0.3, -0.25) is 4.98 Å². The molecule has 0 radical (unpaired) electrons. The van der Waals surface area contributed by atoms with Gasteiger partial charge in [-0.25, -0.2) is 9.97 Å². The van der Waals surface area contributed by atoms with E-state index in [4.69, 9.17) is 9.72 Å². The minimum absolute atomic E-state index is 0.586.